The summed E-state index contributed by atoms with van der Waals surface area (Å²) >= 11 is 5.23. The largest absolute Gasteiger partial charge is 0.393 e. The molecule has 4 heteroatoms. The van der Waals surface area contributed by atoms with Gasteiger partial charge in [-0.2, -0.15) is 0 Å². The van der Waals surface area contributed by atoms with Crippen LogP contribution in [0.3, 0.4) is 0 Å². The highest BCUT2D eigenvalue weighted by Crippen LogP contribution is 2.19. The zero-order valence-corrected chi connectivity index (χ0v) is 11.5. The van der Waals surface area contributed by atoms with Crippen molar-refractivity contribution < 1.29 is 4.74 Å². The number of thiocarbonyl (C=S) groups is 1. The van der Waals surface area contributed by atoms with Crippen molar-refractivity contribution in [3.8, 4) is 0 Å². The first-order valence-corrected chi connectivity index (χ1v) is 6.75. The summed E-state index contributed by atoms with van der Waals surface area (Å²) in [4.78, 5) is 2.97. The fraction of sp³-hybridized carbons (Fsp3) is 0.500. The average Bonchev–Trinajstić information content (AvgIpc) is 2.38. The van der Waals surface area contributed by atoms with Gasteiger partial charge < -0.3 is 10.5 Å². The minimum absolute atomic E-state index is 0.127. The Balaban J connectivity index is 2.09. The van der Waals surface area contributed by atoms with Gasteiger partial charge in [0.05, 0.1) is 18.2 Å². The zero-order chi connectivity index (χ0) is 13.0. The van der Waals surface area contributed by atoms with Crippen molar-refractivity contribution in [2.45, 2.75) is 18.9 Å². The fourth-order valence-electron chi connectivity index (χ4n) is 2.31. The molecule has 0 spiro atoms. The highest BCUT2D eigenvalue weighted by Gasteiger charge is 2.24. The summed E-state index contributed by atoms with van der Waals surface area (Å²) in [5, 5.41) is 0. The first-order valence-electron chi connectivity index (χ1n) is 6.34. The van der Waals surface area contributed by atoms with E-state index >= 15 is 0 Å². The van der Waals surface area contributed by atoms with Gasteiger partial charge >= 0.3 is 0 Å². The van der Waals surface area contributed by atoms with E-state index in [0.29, 0.717) is 11.0 Å². The Bertz CT molecular complexity index is 396. The number of hydrogen-bond acceptors (Lipinski definition) is 3. The van der Waals surface area contributed by atoms with Gasteiger partial charge in [0.2, 0.25) is 0 Å². The number of rotatable bonds is 4. The summed E-state index contributed by atoms with van der Waals surface area (Å²) in [6.07, 6.45) is 0. The molecular weight excluding hydrogens is 244 g/mol. The Morgan fingerprint density at radius 2 is 2.22 bits per heavy atom. The smallest absolute Gasteiger partial charge is 0.0816 e. The summed E-state index contributed by atoms with van der Waals surface area (Å²) in [6.45, 7) is 5.60. The second-order valence-electron chi connectivity index (χ2n) is 4.78. The van der Waals surface area contributed by atoms with E-state index in [1.807, 2.05) is 18.2 Å². The molecule has 2 unspecified atom stereocenters. The molecule has 2 rings (SSSR count). The highest BCUT2D eigenvalue weighted by molar-refractivity contribution is 7.80. The van der Waals surface area contributed by atoms with Crippen molar-refractivity contribution in [1.29, 1.82) is 0 Å². The van der Waals surface area contributed by atoms with Crippen molar-refractivity contribution in [3.05, 3.63) is 35.9 Å². The molecule has 1 heterocycles. The van der Waals surface area contributed by atoms with E-state index in [1.165, 1.54) is 5.56 Å². The zero-order valence-electron chi connectivity index (χ0n) is 10.7. The van der Waals surface area contributed by atoms with Crippen LogP contribution in [0.5, 0.6) is 0 Å². The lowest BCUT2D eigenvalue weighted by molar-refractivity contribution is -0.000648. The van der Waals surface area contributed by atoms with Crippen LogP contribution in [0.1, 0.15) is 18.4 Å². The maximum atomic E-state index is 5.90. The SMILES string of the molecule is CC1COCCN1CC(C(N)=S)c1ccccc1. The van der Waals surface area contributed by atoms with Crippen LogP contribution in [0.15, 0.2) is 30.3 Å². The maximum absolute atomic E-state index is 5.90. The molecule has 0 aliphatic carbocycles. The van der Waals surface area contributed by atoms with Crippen molar-refractivity contribution in [2.24, 2.45) is 5.73 Å². The molecular formula is C14H20N2OS. The summed E-state index contributed by atoms with van der Waals surface area (Å²) in [5.41, 5.74) is 7.10. The van der Waals surface area contributed by atoms with Crippen molar-refractivity contribution in [1.82, 2.24) is 4.90 Å². The maximum Gasteiger partial charge on any atom is 0.0816 e. The standard InChI is InChI=1S/C14H20N2OS/c1-11-10-17-8-7-16(11)9-13(14(15)18)12-5-3-2-4-6-12/h2-6,11,13H,7-10H2,1H3,(H2,15,18). The third-order valence-corrected chi connectivity index (χ3v) is 3.75. The average molecular weight is 264 g/mol. The van der Waals surface area contributed by atoms with Crippen LogP contribution >= 0.6 is 12.2 Å². The summed E-state index contributed by atoms with van der Waals surface area (Å²) in [6, 6.07) is 10.7. The van der Waals surface area contributed by atoms with E-state index in [0.717, 1.165) is 26.3 Å². The van der Waals surface area contributed by atoms with Gasteiger partial charge in [-0.15, -0.1) is 0 Å². The molecule has 0 aromatic heterocycles. The lowest BCUT2D eigenvalue weighted by Gasteiger charge is -2.35. The lowest BCUT2D eigenvalue weighted by Crippen LogP contribution is -2.46. The molecule has 3 nitrogen and oxygen atoms in total. The Hall–Kier alpha value is -0.970. The van der Waals surface area contributed by atoms with Crippen molar-refractivity contribution in [2.75, 3.05) is 26.3 Å². The van der Waals surface area contributed by atoms with E-state index in [4.69, 9.17) is 22.7 Å². The van der Waals surface area contributed by atoms with Gasteiger partial charge in [0.15, 0.2) is 0 Å². The second-order valence-corrected chi connectivity index (χ2v) is 5.26. The van der Waals surface area contributed by atoms with E-state index in [2.05, 4.69) is 24.0 Å². The van der Waals surface area contributed by atoms with Crippen molar-refractivity contribution >= 4 is 17.2 Å². The normalized spacial score (nSPS) is 22.6. The molecule has 1 fully saturated rings. The van der Waals surface area contributed by atoms with E-state index < -0.39 is 0 Å². The van der Waals surface area contributed by atoms with Gasteiger partial charge in [0, 0.05) is 25.0 Å². The first-order chi connectivity index (χ1) is 8.68. The van der Waals surface area contributed by atoms with Gasteiger partial charge in [-0.25, -0.2) is 0 Å². The monoisotopic (exact) mass is 264 g/mol. The van der Waals surface area contributed by atoms with Crippen LogP contribution < -0.4 is 5.73 Å². The second kappa shape index (κ2) is 6.27. The third kappa shape index (κ3) is 3.28. The Morgan fingerprint density at radius 3 is 2.83 bits per heavy atom. The highest BCUT2D eigenvalue weighted by atomic mass is 32.1. The van der Waals surface area contributed by atoms with Crippen LogP contribution in [-0.4, -0.2) is 42.2 Å². The Morgan fingerprint density at radius 1 is 1.50 bits per heavy atom. The molecule has 2 N–H and O–H groups in total. The summed E-state index contributed by atoms with van der Waals surface area (Å²) in [7, 11) is 0. The number of nitrogens with two attached hydrogens (primary N) is 1. The molecule has 2 atom stereocenters. The van der Waals surface area contributed by atoms with Crippen LogP contribution in [0.2, 0.25) is 0 Å². The van der Waals surface area contributed by atoms with E-state index in [-0.39, 0.29) is 5.92 Å². The number of ether oxygens (including phenoxy) is 1. The lowest BCUT2D eigenvalue weighted by atomic mass is 9.98. The quantitative estimate of drug-likeness (QED) is 0.841. The molecule has 1 aliphatic rings. The van der Waals surface area contributed by atoms with Gasteiger partial charge in [-0.3, -0.25) is 4.90 Å². The fourth-order valence-corrected chi connectivity index (χ4v) is 2.52. The van der Waals surface area contributed by atoms with Crippen LogP contribution in [0.25, 0.3) is 0 Å². The molecule has 1 aromatic carbocycles. The van der Waals surface area contributed by atoms with Crippen molar-refractivity contribution in [3.63, 3.8) is 0 Å². The molecule has 1 aromatic rings. The predicted molar refractivity (Wildman–Crippen MR) is 77.8 cm³/mol. The van der Waals surface area contributed by atoms with Crippen LogP contribution in [0, 0.1) is 0 Å². The van der Waals surface area contributed by atoms with E-state index in [1.54, 1.807) is 0 Å². The molecule has 1 saturated heterocycles. The van der Waals surface area contributed by atoms with Crippen LogP contribution in [0.4, 0.5) is 0 Å². The molecule has 0 saturated carbocycles. The molecule has 0 bridgehead atoms. The van der Waals surface area contributed by atoms with Crippen LogP contribution in [-0.2, 0) is 4.74 Å². The van der Waals surface area contributed by atoms with Gasteiger partial charge in [-0.05, 0) is 12.5 Å². The van der Waals surface area contributed by atoms with E-state index in [9.17, 15) is 0 Å². The minimum atomic E-state index is 0.127. The third-order valence-electron chi connectivity index (χ3n) is 3.47. The van der Waals surface area contributed by atoms with Gasteiger partial charge in [0.1, 0.15) is 0 Å². The topological polar surface area (TPSA) is 38.5 Å². The summed E-state index contributed by atoms with van der Waals surface area (Å²) < 4.78 is 5.45. The van der Waals surface area contributed by atoms with Gasteiger partial charge in [0.25, 0.3) is 0 Å². The number of benzene rings is 1. The molecule has 0 amide bonds. The number of nitrogens with zero attached hydrogens (tertiary/aromatic N) is 1. The number of morpholine rings is 1. The summed E-state index contributed by atoms with van der Waals surface area (Å²) in [5.74, 6) is 0.127. The number of hydrogen-bond donors (Lipinski definition) is 1. The molecule has 98 valence electrons. The molecule has 1 aliphatic heterocycles. The minimum Gasteiger partial charge on any atom is -0.393 e. The predicted octanol–water partition coefficient (Wildman–Crippen LogP) is 1.78. The Kier molecular flexibility index (Phi) is 4.69. The first kappa shape index (κ1) is 13.5. The molecule has 18 heavy (non-hydrogen) atoms. The molecule has 0 radical (unpaired) electrons. The Labute approximate surface area is 114 Å². The van der Waals surface area contributed by atoms with Gasteiger partial charge in [-0.1, -0.05) is 42.5 Å².